The second-order valence-corrected chi connectivity index (χ2v) is 7.92. The summed E-state index contributed by atoms with van der Waals surface area (Å²) < 4.78 is 34.0. The number of amides is 2. The molecule has 9 nitrogen and oxygen atoms in total. The Morgan fingerprint density at radius 1 is 1.15 bits per heavy atom. The highest BCUT2D eigenvalue weighted by molar-refractivity contribution is 6.39. The number of aryl methyl sites for hydroxylation is 1. The van der Waals surface area contributed by atoms with Crippen LogP contribution in [0.1, 0.15) is 31.4 Å². The summed E-state index contributed by atoms with van der Waals surface area (Å²) in [4.78, 5) is 37.6. The van der Waals surface area contributed by atoms with E-state index in [1.165, 1.54) is 12.1 Å². The average molecular weight is 467 g/mol. The highest BCUT2D eigenvalue weighted by Crippen LogP contribution is 2.26. The predicted molar refractivity (Wildman–Crippen MR) is 112 cm³/mol. The molecule has 1 fully saturated rings. The standard InChI is InChI=1S/C19H23N5O2.C2HF3O2/c20-13-9-15(10-13)23-19(26)18(25)22-14-5-3-4-12(8-14)17-21-11-16-6-1-2-7-24(16)17;3-2(4,5)1(6)7/h3-5,8,11,13,15H,1-2,6-7,9-10,20H2,(H,22,25)(H,23,26);(H,6,7). The van der Waals surface area contributed by atoms with Crippen molar-refractivity contribution >= 4 is 23.5 Å². The summed E-state index contributed by atoms with van der Waals surface area (Å²) in [5, 5.41) is 12.5. The van der Waals surface area contributed by atoms with E-state index in [-0.39, 0.29) is 12.1 Å². The van der Waals surface area contributed by atoms with Crippen LogP contribution in [0.25, 0.3) is 11.4 Å². The number of carboxylic acids is 1. The maximum atomic E-state index is 12.1. The average Bonchev–Trinajstić information content (AvgIpc) is 3.17. The summed E-state index contributed by atoms with van der Waals surface area (Å²) in [5.74, 6) is -3.13. The first-order valence-electron chi connectivity index (χ1n) is 10.4. The number of rotatable bonds is 3. The number of aliphatic carboxylic acids is 1. The summed E-state index contributed by atoms with van der Waals surface area (Å²) in [5.41, 5.74) is 8.46. The molecule has 0 atom stereocenters. The van der Waals surface area contributed by atoms with Crippen LogP contribution in [0.5, 0.6) is 0 Å². The molecule has 1 aliphatic heterocycles. The molecule has 0 spiro atoms. The number of carboxylic acid groups (broad SMARTS) is 1. The largest absolute Gasteiger partial charge is 0.490 e. The Balaban J connectivity index is 0.000000383. The third kappa shape index (κ3) is 6.31. The monoisotopic (exact) mass is 467 g/mol. The Hall–Kier alpha value is -3.41. The van der Waals surface area contributed by atoms with E-state index in [2.05, 4.69) is 20.2 Å². The van der Waals surface area contributed by atoms with Gasteiger partial charge >= 0.3 is 24.0 Å². The van der Waals surface area contributed by atoms with Gasteiger partial charge in [-0.15, -0.1) is 0 Å². The fourth-order valence-corrected chi connectivity index (χ4v) is 3.62. The van der Waals surface area contributed by atoms with Crippen LogP contribution in [0.3, 0.4) is 0 Å². The number of imidazole rings is 1. The van der Waals surface area contributed by atoms with Gasteiger partial charge in [0.05, 0.1) is 0 Å². The number of nitrogens with zero attached hydrogens (tertiary/aromatic N) is 2. The number of aromatic nitrogens is 2. The molecule has 2 heterocycles. The molecule has 1 aromatic carbocycles. The van der Waals surface area contributed by atoms with Gasteiger partial charge in [0, 0.05) is 41.8 Å². The van der Waals surface area contributed by atoms with Crippen molar-refractivity contribution in [2.75, 3.05) is 5.32 Å². The lowest BCUT2D eigenvalue weighted by Gasteiger charge is -2.32. The number of fused-ring (bicyclic) bond motifs is 1. The quantitative estimate of drug-likeness (QED) is 0.510. The molecule has 33 heavy (non-hydrogen) atoms. The molecule has 4 rings (SSSR count). The Bertz CT molecular complexity index is 1030. The van der Waals surface area contributed by atoms with Crippen LogP contribution in [0.4, 0.5) is 18.9 Å². The zero-order valence-electron chi connectivity index (χ0n) is 17.6. The highest BCUT2D eigenvalue weighted by Gasteiger charge is 2.38. The molecule has 2 aliphatic rings. The lowest BCUT2D eigenvalue weighted by molar-refractivity contribution is -0.192. The number of nitrogens with two attached hydrogens (primary N) is 1. The predicted octanol–water partition coefficient (Wildman–Crippen LogP) is 2.06. The molecule has 2 amide bonds. The van der Waals surface area contributed by atoms with Gasteiger partial charge in [0.25, 0.3) is 0 Å². The van der Waals surface area contributed by atoms with Crippen LogP contribution in [0, 0.1) is 0 Å². The van der Waals surface area contributed by atoms with Gasteiger partial charge in [-0.05, 0) is 44.2 Å². The molecule has 5 N–H and O–H groups in total. The molecule has 0 radical (unpaired) electrons. The van der Waals surface area contributed by atoms with Crippen molar-refractivity contribution in [3.05, 3.63) is 36.2 Å². The van der Waals surface area contributed by atoms with Crippen molar-refractivity contribution in [3.8, 4) is 11.4 Å². The lowest BCUT2D eigenvalue weighted by atomic mass is 9.87. The molecule has 2 aromatic rings. The van der Waals surface area contributed by atoms with Gasteiger partial charge in [-0.1, -0.05) is 12.1 Å². The van der Waals surface area contributed by atoms with E-state index in [9.17, 15) is 22.8 Å². The van der Waals surface area contributed by atoms with E-state index < -0.39 is 24.0 Å². The van der Waals surface area contributed by atoms with Crippen LogP contribution < -0.4 is 16.4 Å². The molecular formula is C21H24F3N5O4. The minimum absolute atomic E-state index is 0.00558. The summed E-state index contributed by atoms with van der Waals surface area (Å²) >= 11 is 0. The SMILES string of the molecule is NC1CC(NC(=O)C(=O)Nc2cccc(-c3ncc4n3CCCC4)c2)C1.O=C(O)C(F)(F)F. The molecule has 178 valence electrons. The normalized spacial score (nSPS) is 19.3. The molecule has 1 aromatic heterocycles. The van der Waals surface area contributed by atoms with Gasteiger partial charge in [-0.2, -0.15) is 13.2 Å². The minimum Gasteiger partial charge on any atom is -0.475 e. The lowest BCUT2D eigenvalue weighted by Crippen LogP contribution is -2.52. The van der Waals surface area contributed by atoms with Crippen molar-refractivity contribution in [2.45, 2.75) is 56.9 Å². The Labute approximate surface area is 187 Å². The molecule has 0 saturated heterocycles. The molecule has 0 unspecified atom stereocenters. The van der Waals surface area contributed by atoms with E-state index in [0.717, 1.165) is 43.6 Å². The first-order valence-corrected chi connectivity index (χ1v) is 10.4. The fourth-order valence-electron chi connectivity index (χ4n) is 3.62. The molecule has 0 bridgehead atoms. The van der Waals surface area contributed by atoms with Crippen molar-refractivity contribution in [3.63, 3.8) is 0 Å². The van der Waals surface area contributed by atoms with Crippen LogP contribution >= 0.6 is 0 Å². The minimum atomic E-state index is -5.08. The molecule has 12 heteroatoms. The number of carbonyl (C=O) groups excluding carboxylic acids is 2. The van der Waals surface area contributed by atoms with Crippen LogP contribution in [-0.4, -0.2) is 50.7 Å². The van der Waals surface area contributed by atoms with Crippen LogP contribution in [0.2, 0.25) is 0 Å². The topological polar surface area (TPSA) is 139 Å². The van der Waals surface area contributed by atoms with E-state index in [4.69, 9.17) is 15.6 Å². The number of halogens is 3. The molecule has 1 aliphatic carbocycles. The molecular weight excluding hydrogens is 443 g/mol. The second-order valence-electron chi connectivity index (χ2n) is 7.92. The van der Waals surface area contributed by atoms with Gasteiger partial charge in [-0.3, -0.25) is 9.59 Å². The number of anilines is 1. The van der Waals surface area contributed by atoms with Gasteiger partial charge in [0.2, 0.25) is 0 Å². The number of nitrogens with one attached hydrogen (secondary N) is 2. The second kappa shape index (κ2) is 10.0. The number of alkyl halides is 3. The van der Waals surface area contributed by atoms with E-state index >= 15 is 0 Å². The van der Waals surface area contributed by atoms with Crippen molar-refractivity contribution in [1.82, 2.24) is 14.9 Å². The van der Waals surface area contributed by atoms with Gasteiger partial charge in [0.15, 0.2) is 0 Å². The fraction of sp³-hybridized carbons (Fsp3) is 0.429. The van der Waals surface area contributed by atoms with E-state index in [1.807, 2.05) is 24.4 Å². The third-order valence-corrected chi connectivity index (χ3v) is 5.34. The maximum Gasteiger partial charge on any atom is 0.490 e. The Morgan fingerprint density at radius 2 is 1.85 bits per heavy atom. The van der Waals surface area contributed by atoms with Crippen molar-refractivity contribution in [1.29, 1.82) is 0 Å². The Morgan fingerprint density at radius 3 is 2.48 bits per heavy atom. The van der Waals surface area contributed by atoms with Crippen molar-refractivity contribution in [2.24, 2.45) is 5.73 Å². The summed E-state index contributed by atoms with van der Waals surface area (Å²) in [7, 11) is 0. The number of hydrogen-bond donors (Lipinski definition) is 4. The summed E-state index contributed by atoms with van der Waals surface area (Å²) in [6.45, 7) is 0.965. The zero-order valence-corrected chi connectivity index (χ0v) is 17.6. The van der Waals surface area contributed by atoms with Gasteiger partial charge in [-0.25, -0.2) is 9.78 Å². The van der Waals surface area contributed by atoms with Gasteiger partial charge < -0.3 is 26.0 Å². The van der Waals surface area contributed by atoms with Crippen LogP contribution in [0.15, 0.2) is 30.5 Å². The summed E-state index contributed by atoms with van der Waals surface area (Å²) in [6, 6.07) is 7.59. The van der Waals surface area contributed by atoms with E-state index in [0.29, 0.717) is 5.69 Å². The first kappa shape index (κ1) is 24.2. The van der Waals surface area contributed by atoms with E-state index in [1.54, 1.807) is 6.07 Å². The molecule has 1 saturated carbocycles. The third-order valence-electron chi connectivity index (χ3n) is 5.34. The van der Waals surface area contributed by atoms with Crippen LogP contribution in [-0.2, 0) is 27.3 Å². The highest BCUT2D eigenvalue weighted by atomic mass is 19.4. The van der Waals surface area contributed by atoms with Crippen molar-refractivity contribution < 1.29 is 32.7 Å². The number of hydrogen-bond acceptors (Lipinski definition) is 5. The zero-order chi connectivity index (χ0) is 24.2. The first-order chi connectivity index (χ1) is 15.5. The Kier molecular flexibility index (Phi) is 7.36. The maximum absolute atomic E-state index is 12.1. The summed E-state index contributed by atoms with van der Waals surface area (Å²) in [6.07, 6.45) is 1.68. The number of carbonyl (C=O) groups is 3. The smallest absolute Gasteiger partial charge is 0.475 e. The number of benzene rings is 1. The van der Waals surface area contributed by atoms with Gasteiger partial charge in [0.1, 0.15) is 5.82 Å².